The summed E-state index contributed by atoms with van der Waals surface area (Å²) in [4.78, 5) is 17.5. The number of thioether (sulfide) groups is 1. The van der Waals surface area contributed by atoms with Crippen molar-refractivity contribution < 1.29 is 13.9 Å². The lowest BCUT2D eigenvalue weighted by Crippen LogP contribution is -2.06. The number of carbonyl (C=O) groups is 1. The number of aryl methyl sites for hydroxylation is 1. The van der Waals surface area contributed by atoms with Gasteiger partial charge in [0.05, 0.1) is 11.8 Å². The van der Waals surface area contributed by atoms with Crippen molar-refractivity contribution in [3.63, 3.8) is 0 Å². The summed E-state index contributed by atoms with van der Waals surface area (Å²) in [5.74, 6) is 0.0903. The van der Waals surface area contributed by atoms with Gasteiger partial charge in [0.15, 0.2) is 0 Å². The van der Waals surface area contributed by atoms with Gasteiger partial charge >= 0.3 is 5.97 Å². The van der Waals surface area contributed by atoms with Crippen LogP contribution in [-0.2, 0) is 11.3 Å². The van der Waals surface area contributed by atoms with Crippen LogP contribution in [0.2, 0.25) is 5.15 Å². The van der Waals surface area contributed by atoms with Crippen molar-refractivity contribution in [2.24, 2.45) is 0 Å². The molecule has 1 aromatic carbocycles. The van der Waals surface area contributed by atoms with Crippen molar-refractivity contribution in [1.82, 2.24) is 4.98 Å². The van der Waals surface area contributed by atoms with Gasteiger partial charge in [-0.05, 0) is 37.4 Å². The van der Waals surface area contributed by atoms with Gasteiger partial charge in [-0.25, -0.2) is 9.78 Å². The molecule has 4 nitrogen and oxygen atoms in total. The summed E-state index contributed by atoms with van der Waals surface area (Å²) in [6, 6.07) is 9.46. The maximum Gasteiger partial charge on any atom is 0.342 e. The number of halogens is 1. The Morgan fingerprint density at radius 2 is 2.17 bits per heavy atom. The number of esters is 1. The minimum Gasteiger partial charge on any atom is -0.469 e. The van der Waals surface area contributed by atoms with Crippen LogP contribution in [0, 0.1) is 6.92 Å². The zero-order valence-electron chi connectivity index (χ0n) is 12.6. The van der Waals surface area contributed by atoms with E-state index in [4.69, 9.17) is 20.8 Å². The van der Waals surface area contributed by atoms with E-state index in [2.05, 4.69) is 4.98 Å². The van der Waals surface area contributed by atoms with Crippen LogP contribution >= 0.6 is 23.4 Å². The molecule has 0 atom stereocenters. The molecule has 0 bridgehead atoms. The standard InChI is InChI=1S/C17H14ClNO3S/c1-10-14(5-6-21-10)17(20)22-9-12-7-11-3-4-13(23-2)8-15(11)19-16(12)18/h3-8H,9H2,1-2H3. The third kappa shape index (κ3) is 3.35. The third-order valence-electron chi connectivity index (χ3n) is 3.49. The lowest BCUT2D eigenvalue weighted by Gasteiger charge is -2.08. The predicted octanol–water partition coefficient (Wildman–Crippen LogP) is 4.87. The molecule has 2 aromatic heterocycles. The Labute approximate surface area is 142 Å². The lowest BCUT2D eigenvalue weighted by molar-refractivity contribution is 0.0470. The quantitative estimate of drug-likeness (QED) is 0.383. The van der Waals surface area contributed by atoms with Gasteiger partial charge in [0.25, 0.3) is 0 Å². The molecule has 6 heteroatoms. The van der Waals surface area contributed by atoms with E-state index in [1.54, 1.807) is 24.8 Å². The summed E-state index contributed by atoms with van der Waals surface area (Å²) in [5.41, 5.74) is 1.91. The molecule has 0 aliphatic carbocycles. The summed E-state index contributed by atoms with van der Waals surface area (Å²) in [6.45, 7) is 1.78. The number of benzene rings is 1. The van der Waals surface area contributed by atoms with Crippen LogP contribution in [0.25, 0.3) is 10.9 Å². The average molecular weight is 348 g/mol. The highest BCUT2D eigenvalue weighted by Crippen LogP contribution is 2.25. The topological polar surface area (TPSA) is 52.3 Å². The molecule has 0 spiro atoms. The second-order valence-electron chi connectivity index (χ2n) is 4.96. The van der Waals surface area contributed by atoms with E-state index in [-0.39, 0.29) is 6.61 Å². The molecule has 0 amide bonds. The van der Waals surface area contributed by atoms with E-state index in [1.807, 2.05) is 30.5 Å². The molecule has 23 heavy (non-hydrogen) atoms. The minimum atomic E-state index is -0.440. The molecule has 118 valence electrons. The number of ether oxygens (including phenoxy) is 1. The first-order chi connectivity index (χ1) is 11.1. The normalized spacial score (nSPS) is 10.9. The summed E-state index contributed by atoms with van der Waals surface area (Å²) in [5, 5.41) is 1.30. The molecule has 2 heterocycles. The average Bonchev–Trinajstić information content (AvgIpc) is 2.98. The Kier molecular flexibility index (Phi) is 4.59. The van der Waals surface area contributed by atoms with Gasteiger partial charge in [0, 0.05) is 15.8 Å². The first-order valence-electron chi connectivity index (χ1n) is 6.93. The monoisotopic (exact) mass is 347 g/mol. The van der Waals surface area contributed by atoms with Gasteiger partial charge < -0.3 is 9.15 Å². The van der Waals surface area contributed by atoms with Crippen LogP contribution < -0.4 is 0 Å². The van der Waals surface area contributed by atoms with Crippen LogP contribution in [0.1, 0.15) is 21.7 Å². The van der Waals surface area contributed by atoms with E-state index in [1.165, 1.54) is 6.26 Å². The zero-order valence-corrected chi connectivity index (χ0v) is 14.2. The van der Waals surface area contributed by atoms with E-state index in [9.17, 15) is 4.79 Å². The van der Waals surface area contributed by atoms with Crippen molar-refractivity contribution >= 4 is 40.2 Å². The number of carbonyl (C=O) groups excluding carboxylic acids is 1. The second kappa shape index (κ2) is 6.64. The summed E-state index contributed by atoms with van der Waals surface area (Å²) < 4.78 is 10.4. The van der Waals surface area contributed by atoms with Crippen LogP contribution in [-0.4, -0.2) is 17.2 Å². The molecule has 0 fully saturated rings. The smallest absolute Gasteiger partial charge is 0.342 e. The van der Waals surface area contributed by atoms with E-state index < -0.39 is 5.97 Å². The van der Waals surface area contributed by atoms with Crippen LogP contribution in [0.5, 0.6) is 0 Å². The number of furan rings is 1. The molecular weight excluding hydrogens is 334 g/mol. The number of pyridine rings is 1. The highest BCUT2D eigenvalue weighted by atomic mass is 35.5. The van der Waals surface area contributed by atoms with Gasteiger partial charge in [-0.3, -0.25) is 0 Å². The number of fused-ring (bicyclic) bond motifs is 1. The van der Waals surface area contributed by atoms with E-state index in [0.29, 0.717) is 22.0 Å². The van der Waals surface area contributed by atoms with Crippen LogP contribution in [0.4, 0.5) is 0 Å². The third-order valence-corrected chi connectivity index (χ3v) is 4.54. The zero-order chi connectivity index (χ0) is 16.4. The fourth-order valence-electron chi connectivity index (χ4n) is 2.21. The summed E-state index contributed by atoms with van der Waals surface area (Å²) in [6.07, 6.45) is 3.47. The van der Waals surface area contributed by atoms with Crippen molar-refractivity contribution in [3.05, 3.63) is 58.6 Å². The molecule has 0 saturated carbocycles. The van der Waals surface area contributed by atoms with Crippen LogP contribution in [0.3, 0.4) is 0 Å². The Bertz CT molecular complexity index is 875. The molecule has 0 aliphatic heterocycles. The maximum absolute atomic E-state index is 12.0. The number of hydrogen-bond donors (Lipinski definition) is 0. The van der Waals surface area contributed by atoms with Gasteiger partial charge in [-0.15, -0.1) is 11.8 Å². The number of rotatable bonds is 4. The van der Waals surface area contributed by atoms with Gasteiger partial charge in [0.1, 0.15) is 23.1 Å². The molecular formula is C17H14ClNO3S. The van der Waals surface area contributed by atoms with Gasteiger partial charge in [0.2, 0.25) is 0 Å². The van der Waals surface area contributed by atoms with Crippen molar-refractivity contribution in [1.29, 1.82) is 0 Å². The maximum atomic E-state index is 12.0. The molecule has 3 aromatic rings. The number of aromatic nitrogens is 1. The molecule has 0 saturated heterocycles. The van der Waals surface area contributed by atoms with E-state index in [0.717, 1.165) is 15.8 Å². The molecule has 0 N–H and O–H groups in total. The van der Waals surface area contributed by atoms with Gasteiger partial charge in [-0.2, -0.15) is 0 Å². The highest BCUT2D eigenvalue weighted by Gasteiger charge is 2.14. The summed E-state index contributed by atoms with van der Waals surface area (Å²) in [7, 11) is 0. The summed E-state index contributed by atoms with van der Waals surface area (Å²) >= 11 is 7.86. The Morgan fingerprint density at radius 3 is 2.87 bits per heavy atom. The van der Waals surface area contributed by atoms with Crippen LogP contribution in [0.15, 0.2) is 45.9 Å². The SMILES string of the molecule is CSc1ccc2cc(COC(=O)c3ccoc3C)c(Cl)nc2c1. The number of nitrogens with zero attached hydrogens (tertiary/aromatic N) is 1. The van der Waals surface area contributed by atoms with Crippen molar-refractivity contribution in [2.45, 2.75) is 18.4 Å². The van der Waals surface area contributed by atoms with Gasteiger partial charge in [-0.1, -0.05) is 17.7 Å². The minimum absolute atomic E-state index is 0.0650. The Balaban J connectivity index is 1.81. The lowest BCUT2D eigenvalue weighted by atomic mass is 10.1. The first-order valence-corrected chi connectivity index (χ1v) is 8.53. The molecule has 3 rings (SSSR count). The Hall–Kier alpha value is -1.98. The predicted molar refractivity (Wildman–Crippen MR) is 91.1 cm³/mol. The number of hydrogen-bond acceptors (Lipinski definition) is 5. The highest BCUT2D eigenvalue weighted by molar-refractivity contribution is 7.98. The van der Waals surface area contributed by atoms with Crippen molar-refractivity contribution in [2.75, 3.05) is 6.26 Å². The van der Waals surface area contributed by atoms with Crippen molar-refractivity contribution in [3.8, 4) is 0 Å². The largest absolute Gasteiger partial charge is 0.469 e. The second-order valence-corrected chi connectivity index (χ2v) is 6.20. The van der Waals surface area contributed by atoms with E-state index >= 15 is 0 Å². The molecule has 0 aliphatic rings. The molecule has 0 unspecified atom stereocenters. The molecule has 0 radical (unpaired) electrons. The first kappa shape index (κ1) is 15.9. The fourth-order valence-corrected chi connectivity index (χ4v) is 2.85. The fraction of sp³-hybridized carbons (Fsp3) is 0.176. The Morgan fingerprint density at radius 1 is 1.35 bits per heavy atom.